The first-order chi connectivity index (χ1) is 7.24. The second-order valence-corrected chi connectivity index (χ2v) is 5.51. The molecule has 0 heterocycles. The highest BCUT2D eigenvalue weighted by Crippen LogP contribution is 2.14. The fraction of sp³-hybridized carbons (Fsp3) is 0.333. The molecule has 0 radical (unpaired) electrons. The number of benzene rings is 1. The molecule has 0 aliphatic rings. The molecule has 1 aromatic carbocycles. The van der Waals surface area contributed by atoms with E-state index >= 15 is 0 Å². The Kier molecular flexibility index (Phi) is 6.61. The third-order valence-electron chi connectivity index (χ3n) is 1.86. The van der Waals surface area contributed by atoms with Crippen LogP contribution in [0.1, 0.15) is 24.8 Å². The third-order valence-corrected chi connectivity index (χ3v) is 3.47. The molecule has 0 aromatic heterocycles. The Bertz CT molecular complexity index is 377. The molecule has 0 saturated heterocycles. The first kappa shape index (κ1) is 13.3. The number of hydrogen-bond donors (Lipinski definition) is 1. The van der Waals surface area contributed by atoms with Crippen molar-refractivity contribution in [2.45, 2.75) is 19.3 Å². The summed E-state index contributed by atoms with van der Waals surface area (Å²) < 4.78 is 2.41. The van der Waals surface area contributed by atoms with E-state index in [0.717, 1.165) is 24.8 Å². The molecule has 15 heavy (non-hydrogen) atoms. The number of rotatable bonds is 3. The van der Waals surface area contributed by atoms with Crippen molar-refractivity contribution in [3.63, 3.8) is 0 Å². The minimum atomic E-state index is 0.266. The van der Waals surface area contributed by atoms with Crippen molar-refractivity contribution in [1.82, 2.24) is 0 Å². The lowest BCUT2D eigenvalue weighted by Crippen LogP contribution is -1.84. The molecule has 0 bridgehead atoms. The van der Waals surface area contributed by atoms with Crippen LogP contribution in [0.3, 0.4) is 0 Å². The van der Waals surface area contributed by atoms with Gasteiger partial charge in [0.2, 0.25) is 0 Å². The SMILES string of the molecule is OCCCCC#Cc1cc(I)ccc1I. The van der Waals surface area contributed by atoms with Crippen LogP contribution in [0.5, 0.6) is 0 Å². The summed E-state index contributed by atoms with van der Waals surface area (Å²) in [4.78, 5) is 0. The van der Waals surface area contributed by atoms with Crippen LogP contribution in [0.15, 0.2) is 18.2 Å². The quantitative estimate of drug-likeness (QED) is 0.447. The van der Waals surface area contributed by atoms with E-state index in [1.807, 2.05) is 0 Å². The summed E-state index contributed by atoms with van der Waals surface area (Å²) >= 11 is 4.59. The van der Waals surface area contributed by atoms with E-state index in [4.69, 9.17) is 5.11 Å². The fourth-order valence-electron chi connectivity index (χ4n) is 1.08. The number of unbranched alkanes of at least 4 members (excludes halogenated alkanes) is 2. The van der Waals surface area contributed by atoms with E-state index in [0.29, 0.717) is 0 Å². The summed E-state index contributed by atoms with van der Waals surface area (Å²) in [6.45, 7) is 0.266. The Hall–Kier alpha value is 0.200. The summed E-state index contributed by atoms with van der Waals surface area (Å²) in [7, 11) is 0. The second kappa shape index (κ2) is 7.47. The summed E-state index contributed by atoms with van der Waals surface area (Å²) in [6.07, 6.45) is 2.68. The molecule has 0 saturated carbocycles. The first-order valence-corrected chi connectivity index (χ1v) is 6.94. The number of hydrogen-bond acceptors (Lipinski definition) is 1. The van der Waals surface area contributed by atoms with Crippen LogP contribution < -0.4 is 0 Å². The Morgan fingerprint density at radius 1 is 1.20 bits per heavy atom. The topological polar surface area (TPSA) is 20.2 Å². The summed E-state index contributed by atoms with van der Waals surface area (Å²) in [5.74, 6) is 6.30. The molecule has 80 valence electrons. The zero-order valence-electron chi connectivity index (χ0n) is 8.26. The third kappa shape index (κ3) is 5.18. The Labute approximate surface area is 118 Å². The average molecular weight is 426 g/mol. The number of aliphatic hydroxyl groups is 1. The van der Waals surface area contributed by atoms with Crippen LogP contribution in [0.2, 0.25) is 0 Å². The van der Waals surface area contributed by atoms with E-state index in [9.17, 15) is 0 Å². The minimum absolute atomic E-state index is 0.266. The smallest absolute Gasteiger partial charge is 0.0431 e. The van der Waals surface area contributed by atoms with Crippen LogP contribution in [-0.4, -0.2) is 11.7 Å². The molecular formula is C12H12I2O. The molecule has 0 aliphatic carbocycles. The van der Waals surface area contributed by atoms with Gasteiger partial charge in [0, 0.05) is 25.7 Å². The van der Waals surface area contributed by atoms with Gasteiger partial charge in [-0.3, -0.25) is 0 Å². The maximum Gasteiger partial charge on any atom is 0.0431 e. The van der Waals surface area contributed by atoms with Gasteiger partial charge in [0.15, 0.2) is 0 Å². The van der Waals surface area contributed by atoms with Gasteiger partial charge in [0.25, 0.3) is 0 Å². The van der Waals surface area contributed by atoms with E-state index in [1.54, 1.807) is 0 Å². The van der Waals surface area contributed by atoms with Crippen molar-refractivity contribution in [3.05, 3.63) is 30.9 Å². The molecule has 0 aliphatic heterocycles. The first-order valence-electron chi connectivity index (χ1n) is 4.79. The lowest BCUT2D eigenvalue weighted by Gasteiger charge is -1.96. The standard InChI is InChI=1S/C12H12I2O/c13-11-6-7-12(14)10(9-11)5-3-1-2-4-8-15/h6-7,9,15H,1-2,4,8H2. The number of aliphatic hydroxyl groups excluding tert-OH is 1. The van der Waals surface area contributed by atoms with Crippen LogP contribution in [0.4, 0.5) is 0 Å². The van der Waals surface area contributed by atoms with Gasteiger partial charge < -0.3 is 5.11 Å². The largest absolute Gasteiger partial charge is 0.396 e. The van der Waals surface area contributed by atoms with Gasteiger partial charge in [-0.25, -0.2) is 0 Å². The van der Waals surface area contributed by atoms with E-state index in [2.05, 4.69) is 75.2 Å². The fourth-order valence-corrected chi connectivity index (χ4v) is 2.04. The molecule has 0 unspecified atom stereocenters. The molecule has 0 atom stereocenters. The lowest BCUT2D eigenvalue weighted by molar-refractivity contribution is 0.285. The number of halogens is 2. The predicted octanol–water partition coefficient (Wildman–Crippen LogP) is 3.41. The van der Waals surface area contributed by atoms with Crippen LogP contribution >= 0.6 is 45.2 Å². The van der Waals surface area contributed by atoms with Crippen molar-refractivity contribution in [2.75, 3.05) is 6.61 Å². The summed E-state index contributed by atoms with van der Waals surface area (Å²) in [6, 6.07) is 6.26. The zero-order valence-corrected chi connectivity index (χ0v) is 12.6. The highest BCUT2D eigenvalue weighted by atomic mass is 127. The van der Waals surface area contributed by atoms with Gasteiger partial charge in [-0.05, 0) is 76.2 Å². The molecule has 1 rings (SSSR count). The molecule has 1 N–H and O–H groups in total. The molecule has 0 fully saturated rings. The van der Waals surface area contributed by atoms with E-state index in [1.165, 1.54) is 7.14 Å². The molecular weight excluding hydrogens is 414 g/mol. The summed E-state index contributed by atoms with van der Waals surface area (Å²) in [5, 5.41) is 8.61. The van der Waals surface area contributed by atoms with Gasteiger partial charge in [-0.15, -0.1) is 0 Å². The van der Waals surface area contributed by atoms with Gasteiger partial charge in [0.05, 0.1) is 0 Å². The lowest BCUT2D eigenvalue weighted by atomic mass is 10.2. The molecule has 3 heteroatoms. The molecule has 1 nitrogen and oxygen atoms in total. The highest BCUT2D eigenvalue weighted by molar-refractivity contribution is 14.1. The van der Waals surface area contributed by atoms with Gasteiger partial charge in [-0.1, -0.05) is 11.8 Å². The molecule has 0 amide bonds. The van der Waals surface area contributed by atoms with Crippen molar-refractivity contribution in [2.24, 2.45) is 0 Å². The van der Waals surface area contributed by atoms with Crippen LogP contribution in [0, 0.1) is 19.0 Å². The van der Waals surface area contributed by atoms with Crippen LogP contribution in [0.25, 0.3) is 0 Å². The second-order valence-electron chi connectivity index (χ2n) is 3.11. The van der Waals surface area contributed by atoms with Gasteiger partial charge >= 0.3 is 0 Å². The van der Waals surface area contributed by atoms with Crippen molar-refractivity contribution >= 4 is 45.2 Å². The molecule has 0 spiro atoms. The normalized spacial score (nSPS) is 9.53. The van der Waals surface area contributed by atoms with Gasteiger partial charge in [0.1, 0.15) is 0 Å². The molecule has 1 aromatic rings. The Morgan fingerprint density at radius 2 is 2.00 bits per heavy atom. The van der Waals surface area contributed by atoms with E-state index in [-0.39, 0.29) is 6.61 Å². The van der Waals surface area contributed by atoms with Crippen LogP contribution in [-0.2, 0) is 0 Å². The van der Waals surface area contributed by atoms with Gasteiger partial charge in [-0.2, -0.15) is 0 Å². The minimum Gasteiger partial charge on any atom is -0.396 e. The van der Waals surface area contributed by atoms with Crippen molar-refractivity contribution in [1.29, 1.82) is 0 Å². The summed E-state index contributed by atoms with van der Waals surface area (Å²) in [5.41, 5.74) is 1.10. The monoisotopic (exact) mass is 426 g/mol. The Balaban J connectivity index is 2.59. The van der Waals surface area contributed by atoms with Crippen molar-refractivity contribution in [3.8, 4) is 11.8 Å². The maximum absolute atomic E-state index is 8.61. The van der Waals surface area contributed by atoms with Crippen molar-refractivity contribution < 1.29 is 5.11 Å². The zero-order chi connectivity index (χ0) is 11.1. The average Bonchev–Trinajstić information content (AvgIpc) is 2.23. The maximum atomic E-state index is 8.61. The Morgan fingerprint density at radius 3 is 2.73 bits per heavy atom. The van der Waals surface area contributed by atoms with E-state index < -0.39 is 0 Å². The predicted molar refractivity (Wildman–Crippen MR) is 79.7 cm³/mol. The highest BCUT2D eigenvalue weighted by Gasteiger charge is 1.95.